The summed E-state index contributed by atoms with van der Waals surface area (Å²) in [5.41, 5.74) is 8.08. The van der Waals surface area contributed by atoms with Crippen molar-refractivity contribution in [3.05, 3.63) is 29.5 Å². The number of hydrogen-bond acceptors (Lipinski definition) is 4. The Labute approximate surface area is 116 Å². The molecule has 0 saturated carbocycles. The third kappa shape index (κ3) is 1.95. The quantitative estimate of drug-likeness (QED) is 0.796. The van der Waals surface area contributed by atoms with Crippen LogP contribution in [-0.4, -0.2) is 27.9 Å². The van der Waals surface area contributed by atoms with Gasteiger partial charge in [-0.15, -0.1) is 0 Å². The Hall–Kier alpha value is -2.63. The molecule has 1 heterocycles. The monoisotopic (exact) mass is 276 g/mol. The van der Waals surface area contributed by atoms with E-state index in [2.05, 4.69) is 0 Å². The van der Waals surface area contributed by atoms with Gasteiger partial charge >= 0.3 is 5.97 Å². The summed E-state index contributed by atoms with van der Waals surface area (Å²) in [5, 5.41) is 18.8. The van der Waals surface area contributed by atoms with E-state index in [1.807, 2.05) is 0 Å². The first-order valence-electron chi connectivity index (χ1n) is 5.93. The predicted octanol–water partition coefficient (Wildman–Crippen LogP) is 2.00. The van der Waals surface area contributed by atoms with E-state index in [4.69, 9.17) is 10.5 Å². The number of ether oxygens (including phenoxy) is 1. The van der Waals surface area contributed by atoms with Crippen LogP contribution in [0.1, 0.15) is 16.1 Å². The lowest BCUT2D eigenvalue weighted by molar-refractivity contribution is 0.0697. The number of phenolic OH excluding ortho intramolecular Hbond substituents is 1. The Bertz CT molecular complexity index is 689. The van der Waals surface area contributed by atoms with Gasteiger partial charge in [0.2, 0.25) is 0 Å². The molecule has 0 aliphatic carbocycles. The van der Waals surface area contributed by atoms with Crippen molar-refractivity contribution in [2.75, 3.05) is 12.8 Å². The molecular formula is C14H16N2O4. The van der Waals surface area contributed by atoms with E-state index < -0.39 is 5.97 Å². The van der Waals surface area contributed by atoms with E-state index in [1.54, 1.807) is 30.7 Å². The topological polar surface area (TPSA) is 97.7 Å². The molecule has 0 bridgehead atoms. The van der Waals surface area contributed by atoms with Crippen LogP contribution >= 0.6 is 0 Å². The van der Waals surface area contributed by atoms with Gasteiger partial charge in [0.05, 0.1) is 18.5 Å². The molecule has 4 N–H and O–H groups in total. The smallest absolute Gasteiger partial charge is 0.339 e. The number of aromatic nitrogens is 1. The number of aromatic hydroxyl groups is 1. The Morgan fingerprint density at radius 1 is 1.40 bits per heavy atom. The van der Waals surface area contributed by atoms with Crippen LogP contribution < -0.4 is 10.5 Å². The molecule has 0 amide bonds. The first-order valence-corrected chi connectivity index (χ1v) is 5.93. The summed E-state index contributed by atoms with van der Waals surface area (Å²) in [6.07, 6.45) is 0. The second-order valence-corrected chi connectivity index (χ2v) is 4.47. The number of carbonyl (C=O) groups is 1. The SMILES string of the molecule is COc1cc(-c2c(N)c(C(=O)O)c(C)n2C)ccc1O. The molecule has 2 aromatic rings. The number of anilines is 1. The van der Waals surface area contributed by atoms with Crippen LogP contribution in [0.4, 0.5) is 5.69 Å². The zero-order valence-electron chi connectivity index (χ0n) is 11.5. The Morgan fingerprint density at radius 3 is 2.55 bits per heavy atom. The van der Waals surface area contributed by atoms with Crippen molar-refractivity contribution in [2.24, 2.45) is 7.05 Å². The fraction of sp³-hybridized carbons (Fsp3) is 0.214. The van der Waals surface area contributed by atoms with Gasteiger partial charge in [-0.3, -0.25) is 0 Å². The van der Waals surface area contributed by atoms with Crippen molar-refractivity contribution in [3.63, 3.8) is 0 Å². The van der Waals surface area contributed by atoms with E-state index in [9.17, 15) is 15.0 Å². The van der Waals surface area contributed by atoms with Crippen LogP contribution in [0, 0.1) is 6.92 Å². The molecule has 0 radical (unpaired) electrons. The number of carboxylic acids is 1. The summed E-state index contributed by atoms with van der Waals surface area (Å²) >= 11 is 0. The van der Waals surface area contributed by atoms with Crippen LogP contribution in [0.25, 0.3) is 11.3 Å². The van der Waals surface area contributed by atoms with Gasteiger partial charge in [-0.05, 0) is 25.1 Å². The summed E-state index contributed by atoms with van der Waals surface area (Å²) in [4.78, 5) is 11.3. The van der Waals surface area contributed by atoms with Crippen LogP contribution in [0.3, 0.4) is 0 Å². The molecular weight excluding hydrogens is 260 g/mol. The maximum absolute atomic E-state index is 11.3. The number of phenols is 1. The van der Waals surface area contributed by atoms with Gasteiger partial charge < -0.3 is 25.3 Å². The van der Waals surface area contributed by atoms with Crippen molar-refractivity contribution >= 4 is 11.7 Å². The van der Waals surface area contributed by atoms with Crippen molar-refractivity contribution in [2.45, 2.75) is 6.92 Å². The second kappa shape index (κ2) is 4.80. The minimum absolute atomic E-state index is 0.0132. The lowest BCUT2D eigenvalue weighted by Gasteiger charge is -2.09. The largest absolute Gasteiger partial charge is 0.504 e. The van der Waals surface area contributed by atoms with Gasteiger partial charge in [0, 0.05) is 18.3 Å². The number of benzene rings is 1. The highest BCUT2D eigenvalue weighted by atomic mass is 16.5. The second-order valence-electron chi connectivity index (χ2n) is 4.47. The van der Waals surface area contributed by atoms with Crippen molar-refractivity contribution in [1.29, 1.82) is 0 Å². The molecule has 106 valence electrons. The Kier molecular flexibility index (Phi) is 3.31. The van der Waals surface area contributed by atoms with Crippen LogP contribution in [0.2, 0.25) is 0 Å². The number of nitrogens with zero attached hydrogens (tertiary/aromatic N) is 1. The highest BCUT2D eigenvalue weighted by Gasteiger charge is 2.22. The molecule has 0 saturated heterocycles. The normalized spacial score (nSPS) is 10.6. The fourth-order valence-electron chi connectivity index (χ4n) is 2.27. The van der Waals surface area contributed by atoms with Gasteiger partial charge in [-0.25, -0.2) is 4.79 Å². The average Bonchev–Trinajstić information content (AvgIpc) is 2.61. The molecule has 20 heavy (non-hydrogen) atoms. The summed E-state index contributed by atoms with van der Waals surface area (Å²) < 4.78 is 6.77. The van der Waals surface area contributed by atoms with E-state index in [0.717, 1.165) is 0 Å². The Morgan fingerprint density at radius 2 is 2.05 bits per heavy atom. The van der Waals surface area contributed by atoms with Gasteiger partial charge in [0.1, 0.15) is 5.56 Å². The molecule has 0 spiro atoms. The van der Waals surface area contributed by atoms with Crippen molar-refractivity contribution < 1.29 is 19.7 Å². The van der Waals surface area contributed by atoms with Gasteiger partial charge in [0.15, 0.2) is 11.5 Å². The molecule has 0 aliphatic rings. The molecule has 6 heteroatoms. The predicted molar refractivity (Wildman–Crippen MR) is 75.2 cm³/mol. The molecule has 1 aromatic carbocycles. The van der Waals surface area contributed by atoms with Crippen molar-refractivity contribution in [1.82, 2.24) is 4.57 Å². The average molecular weight is 276 g/mol. The number of aromatic carboxylic acids is 1. The number of rotatable bonds is 3. The lowest BCUT2D eigenvalue weighted by Crippen LogP contribution is -2.01. The Balaban J connectivity index is 2.70. The van der Waals surface area contributed by atoms with E-state index in [-0.39, 0.29) is 17.0 Å². The molecule has 0 fully saturated rings. The third-order valence-corrected chi connectivity index (χ3v) is 3.39. The molecule has 2 rings (SSSR count). The summed E-state index contributed by atoms with van der Waals surface area (Å²) in [7, 11) is 3.19. The summed E-state index contributed by atoms with van der Waals surface area (Å²) in [6.45, 7) is 1.70. The molecule has 0 aliphatic heterocycles. The third-order valence-electron chi connectivity index (χ3n) is 3.39. The zero-order valence-corrected chi connectivity index (χ0v) is 11.5. The highest BCUT2D eigenvalue weighted by molar-refractivity contribution is 6.00. The maximum Gasteiger partial charge on any atom is 0.339 e. The van der Waals surface area contributed by atoms with E-state index >= 15 is 0 Å². The molecule has 0 unspecified atom stereocenters. The lowest BCUT2D eigenvalue weighted by atomic mass is 10.1. The molecule has 1 aromatic heterocycles. The number of hydrogen-bond donors (Lipinski definition) is 3. The maximum atomic E-state index is 11.3. The number of methoxy groups -OCH3 is 1. The van der Waals surface area contributed by atoms with Crippen LogP contribution in [0.15, 0.2) is 18.2 Å². The van der Waals surface area contributed by atoms with E-state index in [0.29, 0.717) is 22.7 Å². The first kappa shape index (κ1) is 13.8. The minimum atomic E-state index is -1.06. The van der Waals surface area contributed by atoms with Crippen molar-refractivity contribution in [3.8, 4) is 22.8 Å². The highest BCUT2D eigenvalue weighted by Crippen LogP contribution is 2.37. The molecule has 6 nitrogen and oxygen atoms in total. The minimum Gasteiger partial charge on any atom is -0.504 e. The summed E-state index contributed by atoms with van der Waals surface area (Å²) in [6, 6.07) is 4.76. The van der Waals surface area contributed by atoms with Crippen LogP contribution in [0.5, 0.6) is 11.5 Å². The van der Waals surface area contributed by atoms with E-state index in [1.165, 1.54) is 13.2 Å². The standard InChI is InChI=1S/C14H16N2O4/c1-7-11(14(18)19)12(15)13(16(7)2)8-4-5-9(17)10(6-8)20-3/h4-6,17H,15H2,1-3H3,(H,18,19). The fourth-order valence-corrected chi connectivity index (χ4v) is 2.27. The zero-order chi connectivity index (χ0) is 15.0. The number of nitrogen functional groups attached to an aromatic ring is 1. The van der Waals surface area contributed by atoms with Gasteiger partial charge in [-0.1, -0.05) is 0 Å². The summed E-state index contributed by atoms with van der Waals surface area (Å²) in [5.74, 6) is -0.746. The van der Waals surface area contributed by atoms with Crippen LogP contribution in [-0.2, 0) is 7.05 Å². The molecule has 0 atom stereocenters. The van der Waals surface area contributed by atoms with Gasteiger partial charge in [0.25, 0.3) is 0 Å². The number of carboxylic acid groups (broad SMARTS) is 1. The van der Waals surface area contributed by atoms with Gasteiger partial charge in [-0.2, -0.15) is 0 Å². The first-order chi connectivity index (χ1) is 9.38. The number of nitrogens with two attached hydrogens (primary N) is 1.